The van der Waals surface area contributed by atoms with Gasteiger partial charge in [-0.3, -0.25) is 4.79 Å². The predicted octanol–water partition coefficient (Wildman–Crippen LogP) is 2.87. The zero-order valence-electron chi connectivity index (χ0n) is 10.5. The first-order valence-electron chi connectivity index (χ1n) is 5.65. The highest BCUT2D eigenvalue weighted by Gasteiger charge is 2.17. The van der Waals surface area contributed by atoms with E-state index in [0.717, 1.165) is 10.0 Å². The van der Waals surface area contributed by atoms with Crippen LogP contribution >= 0.6 is 15.9 Å². The first-order valence-corrected chi connectivity index (χ1v) is 6.44. The summed E-state index contributed by atoms with van der Waals surface area (Å²) in [5.41, 5.74) is 1.78. The first kappa shape index (κ1) is 14.2. The zero-order chi connectivity index (χ0) is 12.8. The van der Waals surface area contributed by atoms with Crippen LogP contribution in [0.4, 0.5) is 0 Å². The first-order chi connectivity index (χ1) is 8.11. The van der Waals surface area contributed by atoms with Crippen molar-refractivity contribution >= 4 is 21.8 Å². The van der Waals surface area contributed by atoms with E-state index in [2.05, 4.69) is 15.9 Å². The molecule has 1 amide bonds. The summed E-state index contributed by atoms with van der Waals surface area (Å²) in [6, 6.07) is 5.72. The normalized spacial score (nSPS) is 10.4. The van der Waals surface area contributed by atoms with E-state index in [9.17, 15) is 4.79 Å². The molecule has 1 aromatic rings. The summed E-state index contributed by atoms with van der Waals surface area (Å²) in [6.07, 6.45) is 0. The second kappa shape index (κ2) is 6.77. The summed E-state index contributed by atoms with van der Waals surface area (Å²) >= 11 is 3.47. The molecule has 0 heterocycles. The number of nitrogens with zero attached hydrogens (tertiary/aromatic N) is 1. The van der Waals surface area contributed by atoms with Gasteiger partial charge < -0.3 is 9.64 Å². The summed E-state index contributed by atoms with van der Waals surface area (Å²) in [5.74, 6) is 0.0418. The summed E-state index contributed by atoms with van der Waals surface area (Å²) in [7, 11) is 1.64. The molecule has 0 N–H and O–H groups in total. The molecular formula is C13H18BrNO2. The van der Waals surface area contributed by atoms with Gasteiger partial charge in [0, 0.05) is 24.7 Å². The number of halogens is 1. The molecule has 0 aliphatic rings. The molecule has 94 valence electrons. The van der Waals surface area contributed by atoms with E-state index in [1.165, 1.54) is 0 Å². The minimum atomic E-state index is 0.0418. The smallest absolute Gasteiger partial charge is 0.255 e. The summed E-state index contributed by atoms with van der Waals surface area (Å²) in [4.78, 5) is 14.1. The second-order valence-corrected chi connectivity index (χ2v) is 4.61. The van der Waals surface area contributed by atoms with E-state index < -0.39 is 0 Å². The van der Waals surface area contributed by atoms with Crippen LogP contribution in [0.3, 0.4) is 0 Å². The lowest BCUT2D eigenvalue weighted by Crippen LogP contribution is -2.34. The number of methoxy groups -OCH3 is 1. The standard InChI is InChI=1S/C13H18BrNO2/c1-4-15(8-9-17-3)13(16)11-7-5-6-10(2)12(11)14/h5-7H,4,8-9H2,1-3H3. The van der Waals surface area contributed by atoms with Gasteiger partial charge in [-0.25, -0.2) is 0 Å². The monoisotopic (exact) mass is 299 g/mol. The van der Waals surface area contributed by atoms with Crippen LogP contribution < -0.4 is 0 Å². The Balaban J connectivity index is 2.90. The number of benzene rings is 1. The topological polar surface area (TPSA) is 29.5 Å². The van der Waals surface area contributed by atoms with Crippen molar-refractivity contribution in [2.45, 2.75) is 13.8 Å². The molecule has 0 aliphatic heterocycles. The zero-order valence-corrected chi connectivity index (χ0v) is 12.1. The van der Waals surface area contributed by atoms with E-state index in [0.29, 0.717) is 25.3 Å². The molecule has 0 aromatic heterocycles. The molecule has 3 nitrogen and oxygen atoms in total. The Labute approximate surface area is 111 Å². The highest BCUT2D eigenvalue weighted by molar-refractivity contribution is 9.10. The largest absolute Gasteiger partial charge is 0.383 e. The van der Waals surface area contributed by atoms with Crippen LogP contribution in [0.2, 0.25) is 0 Å². The molecule has 1 aromatic carbocycles. The van der Waals surface area contributed by atoms with Gasteiger partial charge in [0.25, 0.3) is 5.91 Å². The van der Waals surface area contributed by atoms with Crippen molar-refractivity contribution in [1.82, 2.24) is 4.90 Å². The average molecular weight is 300 g/mol. The van der Waals surface area contributed by atoms with E-state index in [1.54, 1.807) is 12.0 Å². The molecular weight excluding hydrogens is 282 g/mol. The van der Waals surface area contributed by atoms with Gasteiger partial charge in [-0.05, 0) is 41.4 Å². The number of ether oxygens (including phenoxy) is 1. The van der Waals surface area contributed by atoms with Gasteiger partial charge >= 0.3 is 0 Å². The molecule has 0 atom stereocenters. The molecule has 0 saturated heterocycles. The van der Waals surface area contributed by atoms with Crippen LogP contribution in [-0.2, 0) is 4.74 Å². The molecule has 0 unspecified atom stereocenters. The fourth-order valence-corrected chi connectivity index (χ4v) is 2.02. The van der Waals surface area contributed by atoms with Gasteiger partial charge in [-0.1, -0.05) is 12.1 Å². The quantitative estimate of drug-likeness (QED) is 0.837. The molecule has 17 heavy (non-hydrogen) atoms. The van der Waals surface area contributed by atoms with Crippen molar-refractivity contribution in [3.05, 3.63) is 33.8 Å². The van der Waals surface area contributed by atoms with Crippen LogP contribution in [-0.4, -0.2) is 37.6 Å². The van der Waals surface area contributed by atoms with Gasteiger partial charge in [0.15, 0.2) is 0 Å². The van der Waals surface area contributed by atoms with E-state index in [-0.39, 0.29) is 5.91 Å². The van der Waals surface area contributed by atoms with Gasteiger partial charge in [0.05, 0.1) is 12.2 Å². The van der Waals surface area contributed by atoms with Crippen molar-refractivity contribution in [2.75, 3.05) is 26.8 Å². The summed E-state index contributed by atoms with van der Waals surface area (Å²) in [5, 5.41) is 0. The lowest BCUT2D eigenvalue weighted by atomic mass is 10.1. The number of aryl methyl sites for hydroxylation is 1. The maximum Gasteiger partial charge on any atom is 0.255 e. The van der Waals surface area contributed by atoms with Crippen LogP contribution in [0, 0.1) is 6.92 Å². The Bertz CT molecular complexity index is 393. The van der Waals surface area contributed by atoms with E-state index >= 15 is 0 Å². The predicted molar refractivity (Wildman–Crippen MR) is 72.3 cm³/mol. The van der Waals surface area contributed by atoms with Crippen LogP contribution in [0.5, 0.6) is 0 Å². The number of carbonyl (C=O) groups is 1. The minimum Gasteiger partial charge on any atom is -0.383 e. The Hall–Kier alpha value is -0.870. The van der Waals surface area contributed by atoms with Gasteiger partial charge in [-0.15, -0.1) is 0 Å². The third-order valence-electron chi connectivity index (χ3n) is 2.66. The van der Waals surface area contributed by atoms with Gasteiger partial charge in [0.2, 0.25) is 0 Å². The van der Waals surface area contributed by atoms with Gasteiger partial charge in [0.1, 0.15) is 0 Å². The Morgan fingerprint density at radius 1 is 1.47 bits per heavy atom. The fraction of sp³-hybridized carbons (Fsp3) is 0.462. The number of hydrogen-bond acceptors (Lipinski definition) is 2. The molecule has 0 spiro atoms. The SMILES string of the molecule is CCN(CCOC)C(=O)c1cccc(C)c1Br. The average Bonchev–Trinajstić information content (AvgIpc) is 2.33. The van der Waals surface area contributed by atoms with E-state index in [1.807, 2.05) is 32.0 Å². The maximum atomic E-state index is 12.3. The Morgan fingerprint density at radius 3 is 2.76 bits per heavy atom. The van der Waals surface area contributed by atoms with Crippen LogP contribution in [0.1, 0.15) is 22.8 Å². The second-order valence-electron chi connectivity index (χ2n) is 3.81. The molecule has 0 aliphatic carbocycles. The Kier molecular flexibility index (Phi) is 5.65. The molecule has 0 saturated carbocycles. The lowest BCUT2D eigenvalue weighted by Gasteiger charge is -2.21. The minimum absolute atomic E-state index is 0.0418. The highest BCUT2D eigenvalue weighted by Crippen LogP contribution is 2.22. The third kappa shape index (κ3) is 3.54. The molecule has 0 fully saturated rings. The lowest BCUT2D eigenvalue weighted by molar-refractivity contribution is 0.0705. The number of amides is 1. The maximum absolute atomic E-state index is 12.3. The van der Waals surface area contributed by atoms with Crippen molar-refractivity contribution < 1.29 is 9.53 Å². The van der Waals surface area contributed by atoms with Crippen molar-refractivity contribution in [3.8, 4) is 0 Å². The number of likely N-dealkylation sites (N-methyl/N-ethyl adjacent to an activating group) is 1. The fourth-order valence-electron chi connectivity index (χ4n) is 1.59. The van der Waals surface area contributed by atoms with E-state index in [4.69, 9.17) is 4.74 Å². The highest BCUT2D eigenvalue weighted by atomic mass is 79.9. The molecule has 4 heteroatoms. The molecule has 1 rings (SSSR count). The summed E-state index contributed by atoms with van der Waals surface area (Å²) < 4.78 is 5.88. The number of hydrogen-bond donors (Lipinski definition) is 0. The third-order valence-corrected chi connectivity index (χ3v) is 3.71. The van der Waals surface area contributed by atoms with Crippen molar-refractivity contribution in [3.63, 3.8) is 0 Å². The van der Waals surface area contributed by atoms with Gasteiger partial charge in [-0.2, -0.15) is 0 Å². The molecule has 0 radical (unpaired) electrons. The van der Waals surface area contributed by atoms with Crippen LogP contribution in [0.15, 0.2) is 22.7 Å². The summed E-state index contributed by atoms with van der Waals surface area (Å²) in [6.45, 7) is 5.81. The number of rotatable bonds is 5. The number of carbonyl (C=O) groups excluding carboxylic acids is 1. The van der Waals surface area contributed by atoms with Crippen LogP contribution in [0.25, 0.3) is 0 Å². The molecule has 0 bridgehead atoms. The van der Waals surface area contributed by atoms with Crippen molar-refractivity contribution in [1.29, 1.82) is 0 Å². The Morgan fingerprint density at radius 2 is 2.18 bits per heavy atom. The van der Waals surface area contributed by atoms with Crippen molar-refractivity contribution in [2.24, 2.45) is 0 Å².